The summed E-state index contributed by atoms with van der Waals surface area (Å²) in [5.74, 6) is 0. The predicted octanol–water partition coefficient (Wildman–Crippen LogP) is 3.71. The SMILES string of the molecule is Cc1cc2c(s1)CCN1Cc3ccccc3CC21. The van der Waals surface area contributed by atoms with Gasteiger partial charge in [-0.3, -0.25) is 4.90 Å². The van der Waals surface area contributed by atoms with Gasteiger partial charge in [-0.2, -0.15) is 0 Å². The second-order valence-corrected chi connectivity index (χ2v) is 6.79. The minimum atomic E-state index is 0.633. The number of hydrogen-bond donors (Lipinski definition) is 0. The van der Waals surface area contributed by atoms with Gasteiger partial charge in [-0.05, 0) is 42.5 Å². The van der Waals surface area contributed by atoms with E-state index >= 15 is 0 Å². The fraction of sp³-hybridized carbons (Fsp3) is 0.375. The van der Waals surface area contributed by atoms with Gasteiger partial charge < -0.3 is 0 Å². The van der Waals surface area contributed by atoms with E-state index in [9.17, 15) is 0 Å². The lowest BCUT2D eigenvalue weighted by molar-refractivity contribution is 0.162. The molecule has 0 aliphatic carbocycles. The maximum absolute atomic E-state index is 2.66. The molecule has 0 fully saturated rings. The van der Waals surface area contributed by atoms with E-state index < -0.39 is 0 Å². The zero-order valence-corrected chi connectivity index (χ0v) is 11.5. The lowest BCUT2D eigenvalue weighted by Gasteiger charge is -2.40. The van der Waals surface area contributed by atoms with Crippen LogP contribution in [0.1, 0.15) is 32.5 Å². The van der Waals surface area contributed by atoms with Crippen molar-refractivity contribution in [3.8, 4) is 0 Å². The standard InChI is InChI=1S/C16H17NS/c1-11-8-14-15-9-12-4-2-3-5-13(12)10-17(15)7-6-16(14)18-11/h2-5,8,15H,6-7,9-10H2,1H3. The van der Waals surface area contributed by atoms with Crippen LogP contribution in [0.15, 0.2) is 30.3 Å². The van der Waals surface area contributed by atoms with Gasteiger partial charge in [-0.25, -0.2) is 0 Å². The molecular weight excluding hydrogens is 238 g/mol. The Morgan fingerprint density at radius 2 is 2.06 bits per heavy atom. The molecule has 1 atom stereocenters. The van der Waals surface area contributed by atoms with E-state index in [0.717, 1.165) is 6.54 Å². The van der Waals surface area contributed by atoms with Crippen LogP contribution >= 0.6 is 11.3 Å². The molecule has 1 aromatic heterocycles. The first kappa shape index (κ1) is 10.8. The Morgan fingerprint density at radius 3 is 2.94 bits per heavy atom. The third-order valence-corrected chi connectivity index (χ3v) is 5.42. The van der Waals surface area contributed by atoms with Crippen molar-refractivity contribution in [2.24, 2.45) is 0 Å². The highest BCUT2D eigenvalue weighted by Crippen LogP contribution is 2.40. The number of fused-ring (bicyclic) bond motifs is 4. The van der Waals surface area contributed by atoms with Crippen LogP contribution in [-0.4, -0.2) is 11.4 Å². The van der Waals surface area contributed by atoms with Crippen molar-refractivity contribution >= 4 is 11.3 Å². The van der Waals surface area contributed by atoms with E-state index in [2.05, 4.69) is 42.2 Å². The minimum Gasteiger partial charge on any atom is -0.291 e. The van der Waals surface area contributed by atoms with Gasteiger partial charge >= 0.3 is 0 Å². The Morgan fingerprint density at radius 1 is 1.22 bits per heavy atom. The van der Waals surface area contributed by atoms with Crippen molar-refractivity contribution < 1.29 is 0 Å². The summed E-state index contributed by atoms with van der Waals surface area (Å²) in [4.78, 5) is 5.77. The molecule has 0 N–H and O–H groups in total. The Hall–Kier alpha value is -1.12. The quantitative estimate of drug-likeness (QED) is 0.693. The van der Waals surface area contributed by atoms with E-state index in [1.807, 2.05) is 11.3 Å². The Kier molecular flexibility index (Phi) is 2.36. The molecule has 3 heterocycles. The summed E-state index contributed by atoms with van der Waals surface area (Å²) in [7, 11) is 0. The third kappa shape index (κ3) is 1.56. The molecule has 0 bridgehead atoms. The maximum Gasteiger partial charge on any atom is 0.0403 e. The fourth-order valence-corrected chi connectivity index (χ4v) is 4.50. The van der Waals surface area contributed by atoms with Gasteiger partial charge in [0.2, 0.25) is 0 Å². The summed E-state index contributed by atoms with van der Waals surface area (Å²) >= 11 is 2.00. The lowest BCUT2D eigenvalue weighted by Crippen LogP contribution is -2.38. The van der Waals surface area contributed by atoms with Crippen LogP contribution < -0.4 is 0 Å². The monoisotopic (exact) mass is 255 g/mol. The van der Waals surface area contributed by atoms with Crippen molar-refractivity contribution in [1.29, 1.82) is 0 Å². The third-order valence-electron chi connectivity index (χ3n) is 4.30. The summed E-state index contributed by atoms with van der Waals surface area (Å²) in [5, 5.41) is 0. The number of benzene rings is 1. The Labute approximate surface area is 112 Å². The van der Waals surface area contributed by atoms with Crippen LogP contribution in [0.2, 0.25) is 0 Å². The first-order valence-corrected chi connectivity index (χ1v) is 7.53. The zero-order valence-electron chi connectivity index (χ0n) is 10.6. The summed E-state index contributed by atoms with van der Waals surface area (Å²) in [5.41, 5.74) is 4.69. The Bertz CT molecular complexity index is 599. The van der Waals surface area contributed by atoms with Crippen LogP contribution in [0.3, 0.4) is 0 Å². The molecular formula is C16H17NS. The molecule has 2 aromatic rings. The molecule has 0 saturated heterocycles. The van der Waals surface area contributed by atoms with Crippen LogP contribution in [0.25, 0.3) is 0 Å². The largest absolute Gasteiger partial charge is 0.291 e. The molecule has 1 nitrogen and oxygen atoms in total. The van der Waals surface area contributed by atoms with Gasteiger partial charge in [0.05, 0.1) is 0 Å². The molecule has 4 rings (SSSR count). The van der Waals surface area contributed by atoms with Gasteiger partial charge in [-0.15, -0.1) is 11.3 Å². The predicted molar refractivity (Wildman–Crippen MR) is 76.1 cm³/mol. The average Bonchev–Trinajstić information content (AvgIpc) is 2.77. The van der Waals surface area contributed by atoms with Gasteiger partial charge in [0, 0.05) is 28.9 Å². The van der Waals surface area contributed by atoms with Crippen LogP contribution in [0.5, 0.6) is 0 Å². The second-order valence-electron chi connectivity index (χ2n) is 5.44. The number of thiophene rings is 1. The molecule has 2 heteroatoms. The second kappa shape index (κ2) is 3.94. The highest BCUT2D eigenvalue weighted by Gasteiger charge is 2.32. The average molecular weight is 255 g/mol. The maximum atomic E-state index is 2.66. The molecule has 1 aromatic carbocycles. The molecule has 92 valence electrons. The molecule has 0 amide bonds. The molecule has 18 heavy (non-hydrogen) atoms. The summed E-state index contributed by atoms with van der Waals surface area (Å²) in [6.45, 7) is 4.60. The highest BCUT2D eigenvalue weighted by molar-refractivity contribution is 7.12. The summed E-state index contributed by atoms with van der Waals surface area (Å²) in [6, 6.07) is 12.0. The smallest absolute Gasteiger partial charge is 0.0403 e. The van der Waals surface area contributed by atoms with Crippen molar-refractivity contribution in [3.05, 3.63) is 56.8 Å². The minimum absolute atomic E-state index is 0.633. The molecule has 1 unspecified atom stereocenters. The molecule has 0 saturated carbocycles. The zero-order chi connectivity index (χ0) is 12.1. The first-order chi connectivity index (χ1) is 8.81. The van der Waals surface area contributed by atoms with E-state index in [-0.39, 0.29) is 0 Å². The van der Waals surface area contributed by atoms with E-state index in [1.54, 1.807) is 16.0 Å². The van der Waals surface area contributed by atoms with Crippen molar-refractivity contribution in [2.45, 2.75) is 32.4 Å². The summed E-state index contributed by atoms with van der Waals surface area (Å²) < 4.78 is 0. The molecule has 0 radical (unpaired) electrons. The fourth-order valence-electron chi connectivity index (χ4n) is 3.42. The molecule has 2 aliphatic heterocycles. The highest BCUT2D eigenvalue weighted by atomic mass is 32.1. The lowest BCUT2D eigenvalue weighted by atomic mass is 9.87. The van der Waals surface area contributed by atoms with Gasteiger partial charge in [-0.1, -0.05) is 24.3 Å². The number of hydrogen-bond acceptors (Lipinski definition) is 2. The normalized spacial score (nSPS) is 22.2. The van der Waals surface area contributed by atoms with Gasteiger partial charge in [0.25, 0.3) is 0 Å². The van der Waals surface area contributed by atoms with Crippen molar-refractivity contribution in [2.75, 3.05) is 6.54 Å². The topological polar surface area (TPSA) is 3.24 Å². The van der Waals surface area contributed by atoms with Gasteiger partial charge in [0.1, 0.15) is 0 Å². The molecule has 2 aliphatic rings. The van der Waals surface area contributed by atoms with Crippen molar-refractivity contribution in [3.63, 3.8) is 0 Å². The Balaban J connectivity index is 1.78. The van der Waals surface area contributed by atoms with Crippen LogP contribution in [-0.2, 0) is 19.4 Å². The van der Waals surface area contributed by atoms with Gasteiger partial charge in [0.15, 0.2) is 0 Å². The number of nitrogens with zero attached hydrogens (tertiary/aromatic N) is 1. The number of rotatable bonds is 0. The van der Waals surface area contributed by atoms with Crippen LogP contribution in [0, 0.1) is 6.92 Å². The van der Waals surface area contributed by atoms with E-state index in [4.69, 9.17) is 0 Å². The van der Waals surface area contributed by atoms with Crippen molar-refractivity contribution in [1.82, 2.24) is 4.90 Å². The van der Waals surface area contributed by atoms with Crippen LogP contribution in [0.4, 0.5) is 0 Å². The van der Waals surface area contributed by atoms with E-state index in [0.29, 0.717) is 6.04 Å². The summed E-state index contributed by atoms with van der Waals surface area (Å²) in [6.07, 6.45) is 2.44. The first-order valence-electron chi connectivity index (χ1n) is 6.71. The molecule has 0 spiro atoms. The van der Waals surface area contributed by atoms with E-state index in [1.165, 1.54) is 29.8 Å². The number of aryl methyl sites for hydroxylation is 1.